The maximum Gasteiger partial charge on any atom is 0.416 e. The molecule has 2 aliphatic rings. The number of rotatable bonds is 7. The van der Waals surface area contributed by atoms with Gasteiger partial charge in [-0.15, -0.1) is 0 Å². The molecule has 35 heavy (non-hydrogen) atoms. The van der Waals surface area contributed by atoms with Crippen molar-refractivity contribution < 1.29 is 22.7 Å². The number of hydrogen-bond donors (Lipinski definition) is 1. The number of anilines is 1. The number of nitrogens with zero attached hydrogens (tertiary/aromatic N) is 4. The number of fused-ring (bicyclic) bond motifs is 2. The average Bonchev–Trinajstić information content (AvgIpc) is 3.55. The van der Waals surface area contributed by atoms with Gasteiger partial charge in [-0.1, -0.05) is 6.07 Å². The van der Waals surface area contributed by atoms with Crippen LogP contribution < -0.4 is 10.1 Å². The molecule has 4 heterocycles. The van der Waals surface area contributed by atoms with Gasteiger partial charge in [0, 0.05) is 37.4 Å². The predicted molar refractivity (Wildman–Crippen MR) is 124 cm³/mol. The topological polar surface area (TPSA) is 72.3 Å². The molecule has 1 amide bonds. The van der Waals surface area contributed by atoms with Gasteiger partial charge in [0.2, 0.25) is 5.88 Å². The van der Waals surface area contributed by atoms with Crippen molar-refractivity contribution >= 4 is 11.6 Å². The standard InChI is InChI=1S/C25H26F3N5O2/c1-32-22(9-10-30-32)21-14-18(31-23(34)16-3-2-4-17(13-16)25(26,27)28)15-29-24(21)35-12-11-33-19-5-6-20(33)8-7-19/h2-4,9-10,13-15,19-20H,5-8,11-12H2,1H3,(H,31,34). The highest BCUT2D eigenvalue weighted by molar-refractivity contribution is 6.04. The summed E-state index contributed by atoms with van der Waals surface area (Å²) in [6.07, 6.45) is 3.58. The molecular weight excluding hydrogens is 459 g/mol. The van der Waals surface area contributed by atoms with E-state index in [1.807, 2.05) is 6.07 Å². The molecule has 2 aromatic heterocycles. The fraction of sp³-hybridized carbons (Fsp3) is 0.400. The zero-order valence-electron chi connectivity index (χ0n) is 19.3. The summed E-state index contributed by atoms with van der Waals surface area (Å²) >= 11 is 0. The third-order valence-electron chi connectivity index (χ3n) is 6.85. The van der Waals surface area contributed by atoms with Crippen LogP contribution >= 0.6 is 0 Å². The second-order valence-electron chi connectivity index (χ2n) is 9.00. The highest BCUT2D eigenvalue weighted by Crippen LogP contribution is 2.37. The highest BCUT2D eigenvalue weighted by Gasteiger charge is 2.38. The van der Waals surface area contributed by atoms with E-state index in [2.05, 4.69) is 20.3 Å². The Morgan fingerprint density at radius 3 is 2.54 bits per heavy atom. The number of aromatic nitrogens is 3. The van der Waals surface area contributed by atoms with E-state index in [1.54, 1.807) is 24.0 Å². The van der Waals surface area contributed by atoms with Gasteiger partial charge in [0.25, 0.3) is 5.91 Å². The lowest BCUT2D eigenvalue weighted by atomic mass is 10.0. The normalized spacial score (nSPS) is 19.8. The average molecular weight is 486 g/mol. The molecule has 184 valence electrons. The minimum absolute atomic E-state index is 0.0949. The van der Waals surface area contributed by atoms with E-state index in [4.69, 9.17) is 4.74 Å². The second-order valence-corrected chi connectivity index (χ2v) is 9.00. The van der Waals surface area contributed by atoms with Crippen LogP contribution in [-0.2, 0) is 13.2 Å². The van der Waals surface area contributed by atoms with Crippen molar-refractivity contribution in [3.05, 3.63) is 59.9 Å². The summed E-state index contributed by atoms with van der Waals surface area (Å²) in [5.74, 6) is -0.246. The van der Waals surface area contributed by atoms with Crippen LogP contribution in [0.2, 0.25) is 0 Å². The number of nitrogens with one attached hydrogen (secondary N) is 1. The molecule has 0 saturated carbocycles. The van der Waals surface area contributed by atoms with Crippen LogP contribution in [0.1, 0.15) is 41.6 Å². The van der Waals surface area contributed by atoms with E-state index < -0.39 is 17.6 Å². The molecule has 0 unspecified atom stereocenters. The molecule has 2 saturated heterocycles. The number of carbonyl (C=O) groups excluding carboxylic acids is 1. The number of halogens is 3. The molecule has 1 N–H and O–H groups in total. The number of aryl methyl sites for hydroxylation is 1. The Kier molecular flexibility index (Phi) is 6.22. The molecule has 5 rings (SSSR count). The lowest BCUT2D eigenvalue weighted by Gasteiger charge is -2.21. The summed E-state index contributed by atoms with van der Waals surface area (Å²) in [5, 5.41) is 6.85. The zero-order chi connectivity index (χ0) is 24.6. The Balaban J connectivity index is 1.34. The van der Waals surface area contributed by atoms with Gasteiger partial charge < -0.3 is 10.1 Å². The third-order valence-corrected chi connectivity index (χ3v) is 6.85. The van der Waals surface area contributed by atoms with E-state index in [0.29, 0.717) is 35.8 Å². The van der Waals surface area contributed by atoms with E-state index in [-0.39, 0.29) is 5.56 Å². The maximum absolute atomic E-state index is 13.0. The summed E-state index contributed by atoms with van der Waals surface area (Å²) in [6, 6.07) is 9.12. The van der Waals surface area contributed by atoms with E-state index in [1.165, 1.54) is 44.0 Å². The van der Waals surface area contributed by atoms with Gasteiger partial charge in [0.15, 0.2) is 0 Å². The van der Waals surface area contributed by atoms with Crippen molar-refractivity contribution in [2.24, 2.45) is 7.05 Å². The summed E-state index contributed by atoms with van der Waals surface area (Å²) < 4.78 is 46.8. The molecule has 0 aliphatic carbocycles. The number of hydrogen-bond acceptors (Lipinski definition) is 5. The molecule has 2 aliphatic heterocycles. The fourth-order valence-corrected chi connectivity index (χ4v) is 5.13. The molecule has 1 aromatic carbocycles. The summed E-state index contributed by atoms with van der Waals surface area (Å²) in [4.78, 5) is 19.6. The molecule has 7 nitrogen and oxygen atoms in total. The fourth-order valence-electron chi connectivity index (χ4n) is 5.13. The Labute approximate surface area is 200 Å². The molecule has 2 fully saturated rings. The van der Waals surface area contributed by atoms with Gasteiger partial charge in [-0.05, 0) is 56.0 Å². The first-order valence-electron chi connectivity index (χ1n) is 11.6. The number of amides is 1. The van der Waals surface area contributed by atoms with Gasteiger partial charge >= 0.3 is 6.18 Å². The van der Waals surface area contributed by atoms with Crippen LogP contribution in [0.25, 0.3) is 11.3 Å². The summed E-state index contributed by atoms with van der Waals surface area (Å²) in [6.45, 7) is 1.32. The van der Waals surface area contributed by atoms with Crippen molar-refractivity contribution in [3.63, 3.8) is 0 Å². The van der Waals surface area contributed by atoms with Gasteiger partial charge in [-0.2, -0.15) is 18.3 Å². The third kappa shape index (κ3) is 4.88. The summed E-state index contributed by atoms with van der Waals surface area (Å²) in [5.41, 5.74) is 0.741. The van der Waals surface area contributed by atoms with Crippen molar-refractivity contribution in [3.8, 4) is 17.1 Å². The lowest BCUT2D eigenvalue weighted by molar-refractivity contribution is -0.137. The van der Waals surface area contributed by atoms with E-state index in [0.717, 1.165) is 24.4 Å². The van der Waals surface area contributed by atoms with Crippen LogP contribution in [-0.4, -0.2) is 50.8 Å². The number of alkyl halides is 3. The van der Waals surface area contributed by atoms with Gasteiger partial charge in [0.1, 0.15) is 6.61 Å². The Hall–Kier alpha value is -3.40. The molecule has 0 radical (unpaired) electrons. The first-order valence-corrected chi connectivity index (χ1v) is 11.6. The minimum Gasteiger partial charge on any atom is -0.476 e. The number of ether oxygens (including phenoxy) is 1. The van der Waals surface area contributed by atoms with E-state index in [9.17, 15) is 18.0 Å². The predicted octanol–water partition coefficient (Wildman–Crippen LogP) is 4.76. The van der Waals surface area contributed by atoms with Crippen molar-refractivity contribution in [1.82, 2.24) is 19.7 Å². The molecule has 0 spiro atoms. The highest BCUT2D eigenvalue weighted by atomic mass is 19.4. The number of pyridine rings is 1. The van der Waals surface area contributed by atoms with Crippen LogP contribution in [0.15, 0.2) is 48.8 Å². The minimum atomic E-state index is -4.53. The van der Waals surface area contributed by atoms with Gasteiger partial charge in [-0.25, -0.2) is 4.98 Å². The Morgan fingerprint density at radius 1 is 1.14 bits per heavy atom. The zero-order valence-corrected chi connectivity index (χ0v) is 19.3. The first-order chi connectivity index (χ1) is 16.8. The van der Waals surface area contributed by atoms with Crippen LogP contribution in [0, 0.1) is 0 Å². The lowest BCUT2D eigenvalue weighted by Crippen LogP contribution is -2.32. The molecule has 3 aromatic rings. The number of benzene rings is 1. The second kappa shape index (κ2) is 9.33. The van der Waals surface area contributed by atoms with Gasteiger partial charge in [0.05, 0.1) is 28.7 Å². The van der Waals surface area contributed by atoms with Crippen LogP contribution in [0.5, 0.6) is 5.88 Å². The van der Waals surface area contributed by atoms with E-state index >= 15 is 0 Å². The van der Waals surface area contributed by atoms with Crippen molar-refractivity contribution in [1.29, 1.82) is 0 Å². The van der Waals surface area contributed by atoms with Crippen molar-refractivity contribution in [2.75, 3.05) is 18.5 Å². The smallest absolute Gasteiger partial charge is 0.416 e. The summed E-state index contributed by atoms with van der Waals surface area (Å²) in [7, 11) is 1.79. The molecular formula is C25H26F3N5O2. The molecule has 0 atom stereocenters. The van der Waals surface area contributed by atoms with Gasteiger partial charge in [-0.3, -0.25) is 14.4 Å². The largest absolute Gasteiger partial charge is 0.476 e. The Bertz CT molecular complexity index is 1210. The monoisotopic (exact) mass is 485 g/mol. The Morgan fingerprint density at radius 2 is 1.89 bits per heavy atom. The SMILES string of the molecule is Cn1nccc1-c1cc(NC(=O)c2cccc(C(F)(F)F)c2)cnc1OCCN1C2CCC1CC2. The van der Waals surface area contributed by atoms with Crippen molar-refractivity contribution in [2.45, 2.75) is 43.9 Å². The quantitative estimate of drug-likeness (QED) is 0.523. The molecule has 10 heteroatoms. The number of carbonyl (C=O) groups is 1. The van der Waals surface area contributed by atoms with Crippen LogP contribution in [0.3, 0.4) is 0 Å². The molecule has 2 bridgehead atoms. The first kappa shape index (κ1) is 23.3. The maximum atomic E-state index is 13.0. The van der Waals surface area contributed by atoms with Crippen LogP contribution in [0.4, 0.5) is 18.9 Å².